The topological polar surface area (TPSA) is 162 Å². The quantitative estimate of drug-likeness (QED) is 0.0949. The molecule has 0 radical (unpaired) electrons. The fraction of sp³-hybridized carbons (Fsp3) is 0.541. The second-order valence-corrected chi connectivity index (χ2v) is 14.0. The Morgan fingerprint density at radius 3 is 2.27 bits per heavy atom. The van der Waals surface area contributed by atoms with Gasteiger partial charge in [-0.25, -0.2) is 11.0 Å². The summed E-state index contributed by atoms with van der Waals surface area (Å²) >= 11 is 0. The fourth-order valence-electron chi connectivity index (χ4n) is 6.34. The third kappa shape index (κ3) is 9.81. The number of carbonyl (C=O) groups excluding carboxylic acids is 3. The van der Waals surface area contributed by atoms with Crippen LogP contribution >= 0.6 is 0 Å². The molecule has 2 heterocycles. The van der Waals surface area contributed by atoms with Crippen LogP contribution in [0.4, 0.5) is 0 Å². The molecule has 0 fully saturated rings. The largest absolute Gasteiger partial charge is 0.484 e. The number of Topliss-reactive ketones (excluding diaryl/α,β-unsaturated/α-hetero) is 1. The summed E-state index contributed by atoms with van der Waals surface area (Å²) in [6.45, 7) is 13.3. The number of fused-ring (bicyclic) bond motifs is 2. The van der Waals surface area contributed by atoms with Gasteiger partial charge in [-0.3, -0.25) is 24.8 Å². The highest BCUT2D eigenvalue weighted by Crippen LogP contribution is 2.45. The second kappa shape index (κ2) is 16.2. The normalized spacial score (nSPS) is 15.9. The Morgan fingerprint density at radius 2 is 1.61 bits per heavy atom. The van der Waals surface area contributed by atoms with Crippen molar-refractivity contribution in [3.05, 3.63) is 63.2 Å². The standard InChI is InChI=1S/C37H50N2O10/c1-22(9-8-15-36(4,5)47-19-32(41)38-43)10-11-27-26(12-13-29-35(27)46-21-45-29)30-18-28(40)34-24(3)25(23(2)17-31(34)49-30)14-16-37(6,7)48-20-33(42)39-44/h10,12-13,17,30,43-44H,8-9,11,14-16,18-21H2,1-7H3,(H,38,41)(H,39,42)/b22-10+. The van der Waals surface area contributed by atoms with Crippen LogP contribution in [0.15, 0.2) is 29.8 Å². The van der Waals surface area contributed by atoms with Crippen LogP contribution in [0.3, 0.4) is 0 Å². The van der Waals surface area contributed by atoms with Crippen LogP contribution in [0.1, 0.15) is 111 Å². The van der Waals surface area contributed by atoms with Gasteiger partial charge in [-0.2, -0.15) is 0 Å². The van der Waals surface area contributed by atoms with Crippen molar-refractivity contribution in [2.75, 3.05) is 20.0 Å². The smallest absolute Gasteiger partial charge is 0.269 e. The van der Waals surface area contributed by atoms with Crippen molar-refractivity contribution in [2.24, 2.45) is 0 Å². The molecule has 1 atom stereocenters. The molecular weight excluding hydrogens is 632 g/mol. The van der Waals surface area contributed by atoms with Crippen LogP contribution in [0.5, 0.6) is 17.2 Å². The van der Waals surface area contributed by atoms with Gasteiger partial charge in [0, 0.05) is 11.1 Å². The Balaban J connectivity index is 1.49. The molecule has 1 unspecified atom stereocenters. The number of ether oxygens (including phenoxy) is 5. The Bertz CT molecular complexity index is 1580. The monoisotopic (exact) mass is 682 g/mol. The van der Waals surface area contributed by atoms with Crippen molar-refractivity contribution in [1.29, 1.82) is 0 Å². The Labute approximate surface area is 288 Å². The van der Waals surface area contributed by atoms with E-state index in [4.69, 9.17) is 34.1 Å². The number of rotatable bonds is 16. The molecule has 2 aliphatic heterocycles. The van der Waals surface area contributed by atoms with Crippen LogP contribution in [0.25, 0.3) is 0 Å². The molecule has 4 rings (SSSR count). The maximum Gasteiger partial charge on any atom is 0.269 e. The van der Waals surface area contributed by atoms with E-state index in [9.17, 15) is 14.4 Å². The number of allylic oxidation sites excluding steroid dienone is 2. The molecule has 2 amide bonds. The van der Waals surface area contributed by atoms with E-state index in [1.165, 1.54) is 5.57 Å². The first-order chi connectivity index (χ1) is 23.1. The molecule has 4 N–H and O–H groups in total. The van der Waals surface area contributed by atoms with Crippen LogP contribution in [-0.2, 0) is 31.9 Å². The number of hydrogen-bond acceptors (Lipinski definition) is 10. The van der Waals surface area contributed by atoms with Gasteiger partial charge in [0.2, 0.25) is 6.79 Å². The van der Waals surface area contributed by atoms with E-state index in [2.05, 4.69) is 13.0 Å². The predicted molar refractivity (Wildman–Crippen MR) is 180 cm³/mol. The van der Waals surface area contributed by atoms with Crippen LogP contribution in [-0.4, -0.2) is 59.2 Å². The summed E-state index contributed by atoms with van der Waals surface area (Å²) in [5, 5.41) is 17.5. The lowest BCUT2D eigenvalue weighted by atomic mass is 9.85. The van der Waals surface area contributed by atoms with E-state index in [0.717, 1.165) is 47.1 Å². The van der Waals surface area contributed by atoms with Crippen LogP contribution in [0.2, 0.25) is 0 Å². The van der Waals surface area contributed by atoms with E-state index in [1.807, 2.05) is 59.7 Å². The molecular formula is C37H50N2O10. The molecule has 12 nitrogen and oxygen atoms in total. The van der Waals surface area contributed by atoms with E-state index in [0.29, 0.717) is 42.1 Å². The summed E-state index contributed by atoms with van der Waals surface area (Å²) in [7, 11) is 0. The predicted octanol–water partition coefficient (Wildman–Crippen LogP) is 5.93. The van der Waals surface area contributed by atoms with E-state index < -0.39 is 29.1 Å². The highest BCUT2D eigenvalue weighted by molar-refractivity contribution is 6.02. The molecule has 0 aromatic heterocycles. The number of carbonyl (C=O) groups is 3. The first-order valence-electron chi connectivity index (χ1n) is 16.7. The fourth-order valence-corrected chi connectivity index (χ4v) is 6.34. The summed E-state index contributed by atoms with van der Waals surface area (Å²) in [6, 6.07) is 5.77. The Morgan fingerprint density at radius 1 is 0.959 bits per heavy atom. The van der Waals surface area contributed by atoms with Crippen LogP contribution in [0, 0.1) is 13.8 Å². The van der Waals surface area contributed by atoms with Gasteiger partial charge < -0.3 is 23.7 Å². The highest BCUT2D eigenvalue weighted by Gasteiger charge is 2.34. The molecule has 0 bridgehead atoms. The van der Waals surface area contributed by atoms with E-state index in [1.54, 1.807) is 11.0 Å². The first kappa shape index (κ1) is 37.8. The summed E-state index contributed by atoms with van der Waals surface area (Å²) in [5.41, 5.74) is 8.54. The molecule has 0 saturated heterocycles. The number of ketones is 1. The third-order valence-corrected chi connectivity index (χ3v) is 9.26. The first-order valence-corrected chi connectivity index (χ1v) is 16.7. The minimum absolute atomic E-state index is 0.0109. The molecule has 49 heavy (non-hydrogen) atoms. The van der Waals surface area contributed by atoms with Crippen molar-refractivity contribution >= 4 is 17.6 Å². The molecule has 2 aromatic rings. The molecule has 0 aliphatic carbocycles. The number of hydrogen-bond donors (Lipinski definition) is 4. The zero-order valence-electron chi connectivity index (χ0n) is 29.6. The van der Waals surface area contributed by atoms with Crippen molar-refractivity contribution < 1.29 is 48.5 Å². The molecule has 2 aliphatic rings. The van der Waals surface area contributed by atoms with Gasteiger partial charge in [-0.1, -0.05) is 17.7 Å². The Hall–Kier alpha value is -3.97. The van der Waals surface area contributed by atoms with Crippen molar-refractivity contribution in [2.45, 2.75) is 111 Å². The lowest BCUT2D eigenvalue weighted by Crippen LogP contribution is -2.32. The highest BCUT2D eigenvalue weighted by atomic mass is 16.7. The number of hydroxylamine groups is 2. The van der Waals surface area contributed by atoms with Crippen molar-refractivity contribution in [3.8, 4) is 17.2 Å². The van der Waals surface area contributed by atoms with Crippen LogP contribution < -0.4 is 25.2 Å². The SMILES string of the molecule is C/C(=C\Cc1c(C2CC(=O)c3c(cc(C)c(CCC(C)(C)OCC(=O)NO)c3C)O2)ccc2c1OCO2)CCCC(C)(C)OCC(=O)NO. The number of aryl methyl sites for hydroxylation is 1. The zero-order chi connectivity index (χ0) is 35.9. The minimum atomic E-state index is -0.624. The molecule has 12 heteroatoms. The van der Waals surface area contributed by atoms with Gasteiger partial charge in [0.15, 0.2) is 17.3 Å². The number of amides is 2. The van der Waals surface area contributed by atoms with Gasteiger partial charge in [0.05, 0.1) is 23.2 Å². The molecule has 2 aromatic carbocycles. The summed E-state index contributed by atoms with van der Waals surface area (Å²) < 4.78 is 29.5. The average Bonchev–Trinajstić information content (AvgIpc) is 3.53. The molecule has 268 valence electrons. The molecule has 0 spiro atoms. The maximum atomic E-state index is 13.8. The van der Waals surface area contributed by atoms with E-state index >= 15 is 0 Å². The van der Waals surface area contributed by atoms with E-state index in [-0.39, 0.29) is 32.2 Å². The van der Waals surface area contributed by atoms with Gasteiger partial charge in [-0.15, -0.1) is 0 Å². The Kier molecular flexibility index (Phi) is 12.5. The van der Waals surface area contributed by atoms with Crippen molar-refractivity contribution in [1.82, 2.24) is 11.0 Å². The second-order valence-electron chi connectivity index (χ2n) is 14.0. The minimum Gasteiger partial charge on any atom is -0.484 e. The van der Waals surface area contributed by atoms with Gasteiger partial charge in [-0.05, 0) is 116 Å². The summed E-state index contributed by atoms with van der Waals surface area (Å²) in [6.07, 6.45) is 6.06. The average molecular weight is 683 g/mol. The van der Waals surface area contributed by atoms with Gasteiger partial charge in [0.1, 0.15) is 25.1 Å². The zero-order valence-corrected chi connectivity index (χ0v) is 29.6. The van der Waals surface area contributed by atoms with Gasteiger partial charge >= 0.3 is 0 Å². The maximum absolute atomic E-state index is 13.8. The molecule has 0 saturated carbocycles. The number of nitrogens with one attached hydrogen (secondary N) is 2. The summed E-state index contributed by atoms with van der Waals surface area (Å²) in [5.74, 6) is 0.712. The summed E-state index contributed by atoms with van der Waals surface area (Å²) in [4.78, 5) is 36.6. The van der Waals surface area contributed by atoms with Gasteiger partial charge in [0.25, 0.3) is 11.8 Å². The number of benzene rings is 2. The van der Waals surface area contributed by atoms with Crippen molar-refractivity contribution in [3.63, 3.8) is 0 Å². The lowest BCUT2D eigenvalue weighted by molar-refractivity contribution is -0.140. The third-order valence-electron chi connectivity index (χ3n) is 9.26. The lowest BCUT2D eigenvalue weighted by Gasteiger charge is -2.30.